The van der Waals surface area contributed by atoms with E-state index in [1.165, 1.54) is 30.8 Å². The molecule has 0 aromatic rings. The van der Waals surface area contributed by atoms with Crippen molar-refractivity contribution in [2.45, 2.75) is 26.2 Å². The van der Waals surface area contributed by atoms with Gasteiger partial charge < -0.3 is 0 Å². The van der Waals surface area contributed by atoms with Crippen molar-refractivity contribution in [3.05, 3.63) is 0 Å². The van der Waals surface area contributed by atoms with Crippen molar-refractivity contribution in [2.24, 2.45) is 0 Å². The third-order valence-corrected chi connectivity index (χ3v) is 2.78. The zero-order chi connectivity index (χ0) is 6.95. The molecule has 0 aromatic heterocycles. The van der Waals surface area contributed by atoms with Crippen molar-refractivity contribution in [3.63, 3.8) is 0 Å². The maximum atomic E-state index is 3.41. The molecule has 0 unspecified atom stereocenters. The quantitative estimate of drug-likeness (QED) is 0.479. The van der Waals surface area contributed by atoms with E-state index in [4.69, 9.17) is 0 Å². The van der Waals surface area contributed by atoms with Crippen LogP contribution in [-0.4, -0.2) is 16.8 Å². The molecule has 0 spiro atoms. The summed E-state index contributed by atoms with van der Waals surface area (Å²) in [6.07, 6.45) is 4.03. The van der Waals surface area contributed by atoms with Crippen LogP contribution in [0, 0.1) is 0 Å². The van der Waals surface area contributed by atoms with E-state index in [0.717, 1.165) is 5.33 Å². The van der Waals surface area contributed by atoms with E-state index in [2.05, 4.69) is 34.6 Å². The van der Waals surface area contributed by atoms with E-state index in [1.54, 1.807) is 0 Å². The fourth-order valence-corrected chi connectivity index (χ4v) is 2.20. The SMILES string of the molecule is CCCCSCCCBr. The predicted octanol–water partition coefficient (Wildman–Crippen LogP) is 3.30. The van der Waals surface area contributed by atoms with E-state index in [-0.39, 0.29) is 0 Å². The molecule has 0 radical (unpaired) electrons. The first kappa shape index (κ1) is 9.83. The summed E-state index contributed by atoms with van der Waals surface area (Å²) in [6, 6.07) is 0. The van der Waals surface area contributed by atoms with Crippen molar-refractivity contribution >= 4 is 27.7 Å². The second-order valence-electron chi connectivity index (χ2n) is 2.01. The van der Waals surface area contributed by atoms with Gasteiger partial charge in [-0.2, -0.15) is 11.8 Å². The number of hydrogen-bond acceptors (Lipinski definition) is 1. The molecule has 0 amide bonds. The molecular weight excluding hydrogens is 196 g/mol. The lowest BCUT2D eigenvalue weighted by molar-refractivity contribution is 0.895. The Morgan fingerprint density at radius 2 is 1.89 bits per heavy atom. The van der Waals surface area contributed by atoms with Crippen molar-refractivity contribution in [1.82, 2.24) is 0 Å². The average Bonchev–Trinajstić information content (AvgIpc) is 1.89. The van der Waals surface area contributed by atoms with Gasteiger partial charge in [-0.1, -0.05) is 29.3 Å². The Kier molecular flexibility index (Phi) is 9.64. The Labute approximate surface area is 70.9 Å². The van der Waals surface area contributed by atoms with Gasteiger partial charge in [0.1, 0.15) is 0 Å². The van der Waals surface area contributed by atoms with Gasteiger partial charge >= 0.3 is 0 Å². The standard InChI is InChI=1S/C7H15BrS/c1-2-3-6-9-7-4-5-8/h2-7H2,1H3. The van der Waals surface area contributed by atoms with Crippen LogP contribution < -0.4 is 0 Å². The van der Waals surface area contributed by atoms with Gasteiger partial charge in [0.05, 0.1) is 0 Å². The summed E-state index contributed by atoms with van der Waals surface area (Å²) in [5.41, 5.74) is 0. The van der Waals surface area contributed by atoms with Crippen LogP contribution >= 0.6 is 27.7 Å². The maximum absolute atomic E-state index is 3.41. The van der Waals surface area contributed by atoms with Crippen molar-refractivity contribution < 1.29 is 0 Å². The first-order valence-corrected chi connectivity index (χ1v) is 5.83. The Bertz CT molecular complexity index is 42.2. The van der Waals surface area contributed by atoms with Gasteiger partial charge in [0.25, 0.3) is 0 Å². The number of thioether (sulfide) groups is 1. The van der Waals surface area contributed by atoms with Gasteiger partial charge in [0.15, 0.2) is 0 Å². The minimum atomic E-state index is 1.16. The van der Waals surface area contributed by atoms with Crippen LogP contribution in [0.5, 0.6) is 0 Å². The van der Waals surface area contributed by atoms with Crippen molar-refractivity contribution in [3.8, 4) is 0 Å². The van der Waals surface area contributed by atoms with Crippen LogP contribution in [0.3, 0.4) is 0 Å². The molecule has 0 aliphatic carbocycles. The fraction of sp³-hybridized carbons (Fsp3) is 1.00. The second kappa shape index (κ2) is 8.83. The number of hydrogen-bond donors (Lipinski definition) is 0. The molecule has 2 heteroatoms. The molecule has 56 valence electrons. The van der Waals surface area contributed by atoms with Crippen LogP contribution in [0.25, 0.3) is 0 Å². The molecule has 0 rings (SSSR count). The highest BCUT2D eigenvalue weighted by atomic mass is 79.9. The van der Waals surface area contributed by atoms with Gasteiger partial charge in [0, 0.05) is 5.33 Å². The van der Waals surface area contributed by atoms with Crippen molar-refractivity contribution in [2.75, 3.05) is 16.8 Å². The maximum Gasteiger partial charge on any atom is 0.00391 e. The molecule has 0 bridgehead atoms. The van der Waals surface area contributed by atoms with Gasteiger partial charge in [-0.05, 0) is 24.3 Å². The number of halogens is 1. The summed E-state index contributed by atoms with van der Waals surface area (Å²) in [5, 5.41) is 1.16. The van der Waals surface area contributed by atoms with Crippen molar-refractivity contribution in [1.29, 1.82) is 0 Å². The third kappa shape index (κ3) is 8.83. The molecule has 0 aromatic carbocycles. The molecule has 0 N–H and O–H groups in total. The molecule has 0 aliphatic heterocycles. The van der Waals surface area contributed by atoms with Crippen LogP contribution in [0.4, 0.5) is 0 Å². The summed E-state index contributed by atoms with van der Waals surface area (Å²) in [7, 11) is 0. The summed E-state index contributed by atoms with van der Waals surface area (Å²) in [4.78, 5) is 0. The molecule has 0 atom stereocenters. The highest BCUT2D eigenvalue weighted by Gasteiger charge is 1.86. The Hall–Kier alpha value is 0.830. The van der Waals surface area contributed by atoms with Crippen LogP contribution in [0.1, 0.15) is 26.2 Å². The Morgan fingerprint density at radius 3 is 2.44 bits per heavy atom. The largest absolute Gasteiger partial charge is 0.162 e. The summed E-state index contributed by atoms with van der Waals surface area (Å²) >= 11 is 5.48. The zero-order valence-corrected chi connectivity index (χ0v) is 8.43. The van der Waals surface area contributed by atoms with Crippen LogP contribution in [0.2, 0.25) is 0 Å². The number of rotatable bonds is 6. The molecule has 0 saturated carbocycles. The highest BCUT2D eigenvalue weighted by Crippen LogP contribution is 2.06. The van der Waals surface area contributed by atoms with E-state index < -0.39 is 0 Å². The predicted molar refractivity (Wildman–Crippen MR) is 50.6 cm³/mol. The van der Waals surface area contributed by atoms with E-state index in [9.17, 15) is 0 Å². The summed E-state index contributed by atoms with van der Waals surface area (Å²) < 4.78 is 0. The minimum Gasteiger partial charge on any atom is -0.162 e. The van der Waals surface area contributed by atoms with Gasteiger partial charge in [-0.15, -0.1) is 0 Å². The Balaban J connectivity index is 2.60. The minimum absolute atomic E-state index is 1.16. The highest BCUT2D eigenvalue weighted by molar-refractivity contribution is 9.09. The first-order chi connectivity index (χ1) is 4.41. The van der Waals surface area contributed by atoms with E-state index in [0.29, 0.717) is 0 Å². The molecule has 0 saturated heterocycles. The molecule has 9 heavy (non-hydrogen) atoms. The van der Waals surface area contributed by atoms with Gasteiger partial charge in [-0.3, -0.25) is 0 Å². The fourth-order valence-electron chi connectivity index (χ4n) is 0.505. The first-order valence-electron chi connectivity index (χ1n) is 3.55. The Morgan fingerprint density at radius 1 is 1.22 bits per heavy atom. The van der Waals surface area contributed by atoms with Crippen LogP contribution in [0.15, 0.2) is 0 Å². The lowest BCUT2D eigenvalue weighted by atomic mass is 10.4. The van der Waals surface area contributed by atoms with E-state index in [1.807, 2.05) is 0 Å². The third-order valence-electron chi connectivity index (χ3n) is 1.06. The summed E-state index contributed by atoms with van der Waals surface area (Å²) in [5.74, 6) is 2.68. The lowest BCUT2D eigenvalue weighted by Gasteiger charge is -1.95. The molecule has 0 aliphatic rings. The molecule has 0 fully saturated rings. The molecule has 0 nitrogen and oxygen atoms in total. The normalized spacial score (nSPS) is 10.0. The van der Waals surface area contributed by atoms with Gasteiger partial charge in [-0.25, -0.2) is 0 Å². The monoisotopic (exact) mass is 210 g/mol. The zero-order valence-electron chi connectivity index (χ0n) is 6.03. The summed E-state index contributed by atoms with van der Waals surface area (Å²) in [6.45, 7) is 2.24. The van der Waals surface area contributed by atoms with Gasteiger partial charge in [0.2, 0.25) is 0 Å². The van der Waals surface area contributed by atoms with E-state index >= 15 is 0 Å². The topological polar surface area (TPSA) is 0 Å². The smallest absolute Gasteiger partial charge is 0.00391 e. The average molecular weight is 211 g/mol. The number of unbranched alkanes of at least 4 members (excludes halogenated alkanes) is 1. The molecular formula is C7H15BrS. The second-order valence-corrected chi connectivity index (χ2v) is 4.03. The lowest BCUT2D eigenvalue weighted by Crippen LogP contribution is -1.83. The number of alkyl halides is 1. The molecule has 0 heterocycles. The van der Waals surface area contributed by atoms with Crippen LogP contribution in [-0.2, 0) is 0 Å².